The highest BCUT2D eigenvalue weighted by atomic mass is 32.2. The van der Waals surface area contributed by atoms with E-state index in [1.54, 1.807) is 0 Å². The number of nitrogens with two attached hydrogens (primary N) is 1. The average molecular weight is 301 g/mol. The molecule has 1 aromatic carbocycles. The summed E-state index contributed by atoms with van der Waals surface area (Å²) in [6, 6.07) is 3.82. The van der Waals surface area contributed by atoms with Gasteiger partial charge in [0.15, 0.2) is 0 Å². The molecule has 1 heterocycles. The maximum Gasteiger partial charge on any atom is 0.256 e. The summed E-state index contributed by atoms with van der Waals surface area (Å²) in [5.41, 5.74) is 5.77. The highest BCUT2D eigenvalue weighted by Gasteiger charge is 2.27. The Kier molecular flexibility index (Phi) is 3.96. The molecule has 110 valence electrons. The van der Waals surface area contributed by atoms with Crippen molar-refractivity contribution in [1.82, 2.24) is 9.21 Å². The lowest BCUT2D eigenvalue weighted by Crippen LogP contribution is -2.50. The molecule has 0 aliphatic carbocycles. The second-order valence-corrected chi connectivity index (χ2v) is 6.68. The van der Waals surface area contributed by atoms with E-state index in [1.807, 2.05) is 0 Å². The van der Waals surface area contributed by atoms with Crippen molar-refractivity contribution in [2.24, 2.45) is 0 Å². The minimum atomic E-state index is -3.25. The van der Waals surface area contributed by atoms with Gasteiger partial charge in [0.1, 0.15) is 5.82 Å². The van der Waals surface area contributed by atoms with Gasteiger partial charge in [0.2, 0.25) is 10.0 Å². The molecule has 8 heteroatoms. The van der Waals surface area contributed by atoms with Crippen LogP contribution >= 0.6 is 0 Å². The van der Waals surface area contributed by atoms with Gasteiger partial charge in [-0.05, 0) is 18.2 Å². The minimum Gasteiger partial charge on any atom is -0.399 e. The first-order valence-corrected chi connectivity index (χ1v) is 7.93. The van der Waals surface area contributed by atoms with Crippen molar-refractivity contribution in [2.75, 3.05) is 38.2 Å². The zero-order chi connectivity index (χ0) is 14.9. The number of piperazine rings is 1. The van der Waals surface area contributed by atoms with Gasteiger partial charge in [0.05, 0.1) is 11.8 Å². The Morgan fingerprint density at radius 2 is 1.85 bits per heavy atom. The summed E-state index contributed by atoms with van der Waals surface area (Å²) in [5, 5.41) is 0. The quantitative estimate of drug-likeness (QED) is 0.787. The molecular formula is C12H16FN3O3S. The van der Waals surface area contributed by atoms with E-state index in [2.05, 4.69) is 0 Å². The number of anilines is 1. The van der Waals surface area contributed by atoms with E-state index < -0.39 is 21.7 Å². The molecule has 0 spiro atoms. The average Bonchev–Trinajstić information content (AvgIpc) is 2.40. The number of sulfonamides is 1. The Hall–Kier alpha value is -1.67. The van der Waals surface area contributed by atoms with Crippen molar-refractivity contribution in [2.45, 2.75) is 0 Å². The number of nitrogen functional groups attached to an aromatic ring is 1. The van der Waals surface area contributed by atoms with Crippen molar-refractivity contribution in [1.29, 1.82) is 0 Å². The Labute approximate surface area is 117 Å². The van der Waals surface area contributed by atoms with Crippen LogP contribution in [0, 0.1) is 5.82 Å². The number of amides is 1. The number of hydrogen-bond donors (Lipinski definition) is 1. The lowest BCUT2D eigenvalue weighted by molar-refractivity contribution is 0.0693. The predicted molar refractivity (Wildman–Crippen MR) is 73.1 cm³/mol. The summed E-state index contributed by atoms with van der Waals surface area (Å²) >= 11 is 0. The van der Waals surface area contributed by atoms with E-state index in [9.17, 15) is 17.6 Å². The summed E-state index contributed by atoms with van der Waals surface area (Å²) in [6.45, 7) is 0.906. The van der Waals surface area contributed by atoms with Crippen LogP contribution in [0.25, 0.3) is 0 Å². The summed E-state index contributed by atoms with van der Waals surface area (Å²) in [5.74, 6) is -1.10. The van der Waals surface area contributed by atoms with Crippen molar-refractivity contribution >= 4 is 21.6 Å². The van der Waals surface area contributed by atoms with Crippen molar-refractivity contribution in [3.63, 3.8) is 0 Å². The van der Waals surface area contributed by atoms with Crippen molar-refractivity contribution < 1.29 is 17.6 Å². The normalized spacial score (nSPS) is 17.2. The number of halogens is 1. The second kappa shape index (κ2) is 5.37. The van der Waals surface area contributed by atoms with Gasteiger partial charge < -0.3 is 10.6 Å². The smallest absolute Gasteiger partial charge is 0.256 e. The molecule has 1 amide bonds. The van der Waals surface area contributed by atoms with Crippen molar-refractivity contribution in [3.05, 3.63) is 29.6 Å². The first-order chi connectivity index (χ1) is 9.29. The van der Waals surface area contributed by atoms with E-state index in [0.29, 0.717) is 5.69 Å². The summed E-state index contributed by atoms with van der Waals surface area (Å²) < 4.78 is 37.7. The third-order valence-electron chi connectivity index (χ3n) is 3.22. The second-order valence-electron chi connectivity index (χ2n) is 4.69. The van der Waals surface area contributed by atoms with Crippen LogP contribution in [0.5, 0.6) is 0 Å². The first-order valence-electron chi connectivity index (χ1n) is 6.08. The van der Waals surface area contributed by atoms with Gasteiger partial charge in [-0.3, -0.25) is 4.79 Å². The fraction of sp³-hybridized carbons (Fsp3) is 0.417. The minimum absolute atomic E-state index is 0.0854. The Morgan fingerprint density at radius 3 is 2.40 bits per heavy atom. The molecule has 0 aromatic heterocycles. The topological polar surface area (TPSA) is 83.7 Å². The third kappa shape index (κ3) is 3.07. The number of benzene rings is 1. The van der Waals surface area contributed by atoms with E-state index >= 15 is 0 Å². The fourth-order valence-electron chi connectivity index (χ4n) is 2.10. The van der Waals surface area contributed by atoms with Crippen molar-refractivity contribution in [3.8, 4) is 0 Å². The summed E-state index contributed by atoms with van der Waals surface area (Å²) in [4.78, 5) is 13.6. The Balaban J connectivity index is 2.11. The van der Waals surface area contributed by atoms with Crippen LogP contribution in [0.3, 0.4) is 0 Å². The fourth-order valence-corrected chi connectivity index (χ4v) is 2.93. The van der Waals surface area contributed by atoms with Crippen LogP contribution < -0.4 is 5.73 Å². The van der Waals surface area contributed by atoms with Crippen LogP contribution in [0.15, 0.2) is 18.2 Å². The van der Waals surface area contributed by atoms with Gasteiger partial charge in [-0.15, -0.1) is 0 Å². The molecular weight excluding hydrogens is 285 g/mol. The molecule has 1 aromatic rings. The molecule has 1 aliphatic rings. The predicted octanol–water partition coefficient (Wildman–Crippen LogP) is 0.125. The Bertz CT molecular complexity index is 625. The summed E-state index contributed by atoms with van der Waals surface area (Å²) in [7, 11) is -3.25. The van der Waals surface area contributed by atoms with Gasteiger partial charge >= 0.3 is 0 Å². The number of rotatable bonds is 2. The molecule has 1 saturated heterocycles. The molecule has 1 fully saturated rings. The maximum atomic E-state index is 13.6. The monoisotopic (exact) mass is 301 g/mol. The molecule has 0 bridgehead atoms. The molecule has 1 aliphatic heterocycles. The van der Waals surface area contributed by atoms with E-state index in [1.165, 1.54) is 21.3 Å². The largest absolute Gasteiger partial charge is 0.399 e. The molecule has 6 nitrogen and oxygen atoms in total. The van der Waals surface area contributed by atoms with E-state index in [0.717, 1.165) is 12.3 Å². The van der Waals surface area contributed by atoms with Crippen LogP contribution in [-0.4, -0.2) is 56.0 Å². The third-order valence-corrected chi connectivity index (χ3v) is 4.52. The highest BCUT2D eigenvalue weighted by molar-refractivity contribution is 7.88. The highest BCUT2D eigenvalue weighted by Crippen LogP contribution is 2.16. The zero-order valence-corrected chi connectivity index (χ0v) is 11.9. The molecule has 0 saturated carbocycles. The first kappa shape index (κ1) is 14.7. The lowest BCUT2D eigenvalue weighted by Gasteiger charge is -2.33. The number of carbonyl (C=O) groups excluding carboxylic acids is 1. The molecule has 20 heavy (non-hydrogen) atoms. The van der Waals surface area contributed by atoms with Gasteiger partial charge in [0, 0.05) is 31.9 Å². The van der Waals surface area contributed by atoms with Gasteiger partial charge in [-0.1, -0.05) is 0 Å². The molecule has 0 atom stereocenters. The van der Waals surface area contributed by atoms with Crippen LogP contribution in [0.1, 0.15) is 10.4 Å². The molecule has 0 radical (unpaired) electrons. The van der Waals surface area contributed by atoms with Crippen LogP contribution in [0.4, 0.5) is 10.1 Å². The van der Waals surface area contributed by atoms with Crippen LogP contribution in [-0.2, 0) is 10.0 Å². The lowest BCUT2D eigenvalue weighted by atomic mass is 10.1. The van der Waals surface area contributed by atoms with E-state index in [-0.39, 0.29) is 31.7 Å². The SMILES string of the molecule is CS(=O)(=O)N1CCN(C(=O)c2cc(N)ccc2F)CC1. The maximum absolute atomic E-state index is 13.6. The Morgan fingerprint density at radius 1 is 1.25 bits per heavy atom. The molecule has 2 rings (SSSR count). The number of carbonyl (C=O) groups is 1. The van der Waals surface area contributed by atoms with Gasteiger partial charge in [0.25, 0.3) is 5.91 Å². The van der Waals surface area contributed by atoms with Crippen LogP contribution in [0.2, 0.25) is 0 Å². The number of hydrogen-bond acceptors (Lipinski definition) is 4. The molecule has 2 N–H and O–H groups in total. The standard InChI is InChI=1S/C12H16FN3O3S/c1-20(18,19)16-6-4-15(5-7-16)12(17)10-8-9(14)2-3-11(10)13/h2-3,8H,4-7,14H2,1H3. The number of nitrogens with zero attached hydrogens (tertiary/aromatic N) is 2. The summed E-state index contributed by atoms with van der Waals surface area (Å²) in [6.07, 6.45) is 1.13. The zero-order valence-electron chi connectivity index (χ0n) is 11.0. The van der Waals surface area contributed by atoms with Gasteiger partial charge in [-0.2, -0.15) is 4.31 Å². The molecule has 0 unspecified atom stereocenters. The van der Waals surface area contributed by atoms with E-state index in [4.69, 9.17) is 5.73 Å². The van der Waals surface area contributed by atoms with Gasteiger partial charge in [-0.25, -0.2) is 12.8 Å².